The van der Waals surface area contributed by atoms with Gasteiger partial charge in [0.2, 0.25) is 0 Å². The van der Waals surface area contributed by atoms with Crippen LogP contribution in [-0.4, -0.2) is 142 Å². The summed E-state index contributed by atoms with van der Waals surface area (Å²) < 4.78 is 70.1. The van der Waals surface area contributed by atoms with Crippen LogP contribution < -0.4 is 0 Å². The predicted molar refractivity (Wildman–Crippen MR) is 262 cm³/mol. The van der Waals surface area contributed by atoms with Crippen molar-refractivity contribution < 1.29 is 95.2 Å². The van der Waals surface area contributed by atoms with Crippen molar-refractivity contribution in [2.45, 2.75) is 241 Å². The molecule has 2 saturated heterocycles. The molecule has 0 saturated carbocycles. The van der Waals surface area contributed by atoms with E-state index in [-0.39, 0.29) is 24.4 Å². The molecule has 0 aromatic carbocycles. The molecule has 73 heavy (non-hydrogen) atoms. The number of unbranched alkanes of at least 4 members (excludes halogenated alkanes) is 7. The molecule has 2 aliphatic heterocycles. The minimum Gasteiger partial charge on any atom is -0.463 e. The first-order valence-electron chi connectivity index (χ1n) is 26.4. The molecule has 0 amide bonds. The van der Waals surface area contributed by atoms with Crippen LogP contribution in [0.25, 0.3) is 0 Å². The summed E-state index contributed by atoms with van der Waals surface area (Å²) in [5.74, 6) is -4.15. The first-order valence-corrected chi connectivity index (χ1v) is 26.4. The Hall–Kier alpha value is -4.24. The maximum Gasteiger partial charge on any atom is 0.303 e. The molecular formula is C53H88O20. The van der Waals surface area contributed by atoms with Crippen LogP contribution in [0.1, 0.15) is 173 Å². The van der Waals surface area contributed by atoms with Crippen LogP contribution in [0.2, 0.25) is 0 Å². The Morgan fingerprint density at radius 3 is 1.38 bits per heavy atom. The SMILES string of the molecule is CCCCC(OCC(CCC)C(=O)CCCCCCCCCOC1OC(COC(C)=O)C(OC2OC(COC(C)=O)C(OC(C)=O)C(OC(C)=O)C2OC(C)=O)C(OC(C)=O)C1OC(C)=O)C(C(C)C)C(C)C. The highest BCUT2D eigenvalue weighted by molar-refractivity contribution is 5.81. The Morgan fingerprint density at radius 2 is 0.904 bits per heavy atom. The third kappa shape index (κ3) is 23.9. The molecule has 12 unspecified atom stereocenters. The highest BCUT2D eigenvalue weighted by atomic mass is 16.8. The predicted octanol–water partition coefficient (Wildman–Crippen LogP) is 7.23. The lowest BCUT2D eigenvalue weighted by Crippen LogP contribution is -2.67. The highest BCUT2D eigenvalue weighted by Crippen LogP contribution is 2.36. The van der Waals surface area contributed by atoms with E-state index in [9.17, 15) is 38.4 Å². The van der Waals surface area contributed by atoms with E-state index in [1.807, 2.05) is 0 Å². The van der Waals surface area contributed by atoms with Crippen LogP contribution >= 0.6 is 0 Å². The van der Waals surface area contributed by atoms with Crippen molar-refractivity contribution in [1.29, 1.82) is 0 Å². The fourth-order valence-corrected chi connectivity index (χ4v) is 9.64. The third-order valence-electron chi connectivity index (χ3n) is 12.7. The summed E-state index contributed by atoms with van der Waals surface area (Å²) in [6.07, 6.45) is -3.87. The van der Waals surface area contributed by atoms with Crippen LogP contribution in [0.4, 0.5) is 0 Å². The maximum absolute atomic E-state index is 13.4. The van der Waals surface area contributed by atoms with Crippen molar-refractivity contribution in [3.05, 3.63) is 0 Å². The van der Waals surface area contributed by atoms with Gasteiger partial charge in [-0.15, -0.1) is 0 Å². The van der Waals surface area contributed by atoms with Crippen molar-refractivity contribution in [2.24, 2.45) is 23.7 Å². The summed E-state index contributed by atoms with van der Waals surface area (Å²) in [6, 6.07) is 0. The fraction of sp³-hybridized carbons (Fsp3) is 0.849. The van der Waals surface area contributed by atoms with Gasteiger partial charge in [-0.25, -0.2) is 0 Å². The third-order valence-corrected chi connectivity index (χ3v) is 12.7. The van der Waals surface area contributed by atoms with Crippen molar-refractivity contribution in [3.8, 4) is 0 Å². The van der Waals surface area contributed by atoms with Gasteiger partial charge < -0.3 is 56.8 Å². The normalized spacial score (nSPS) is 24.8. The Labute approximate surface area is 432 Å². The van der Waals surface area contributed by atoms with Gasteiger partial charge in [-0.1, -0.05) is 92.9 Å². The summed E-state index contributed by atoms with van der Waals surface area (Å²) in [5, 5.41) is 0. The summed E-state index contributed by atoms with van der Waals surface area (Å²) in [6.45, 7) is 20.5. The topological polar surface area (TPSA) is 247 Å². The highest BCUT2D eigenvalue weighted by Gasteiger charge is 2.57. The lowest BCUT2D eigenvalue weighted by atomic mass is 9.79. The Balaban J connectivity index is 2.20. The smallest absolute Gasteiger partial charge is 0.303 e. The number of hydrogen-bond donors (Lipinski definition) is 0. The molecule has 2 fully saturated rings. The number of ether oxygens (including phenoxy) is 12. The van der Waals surface area contributed by atoms with Gasteiger partial charge in [0.25, 0.3) is 0 Å². The van der Waals surface area contributed by atoms with Gasteiger partial charge in [0.05, 0.1) is 12.7 Å². The van der Waals surface area contributed by atoms with Crippen LogP contribution in [0.5, 0.6) is 0 Å². The number of ketones is 1. The molecule has 0 spiro atoms. The van der Waals surface area contributed by atoms with E-state index in [1.165, 1.54) is 0 Å². The minimum atomic E-state index is -1.79. The average Bonchev–Trinajstić information content (AvgIpc) is 3.28. The molecular weight excluding hydrogens is 957 g/mol. The second kappa shape index (κ2) is 34.4. The largest absolute Gasteiger partial charge is 0.463 e. The van der Waals surface area contributed by atoms with Crippen LogP contribution in [0.15, 0.2) is 0 Å². The monoisotopic (exact) mass is 1040 g/mol. The average molecular weight is 1050 g/mol. The zero-order valence-electron chi connectivity index (χ0n) is 45.8. The van der Waals surface area contributed by atoms with Gasteiger partial charge in [0, 0.05) is 67.4 Å². The molecule has 0 aromatic heterocycles. The van der Waals surface area contributed by atoms with E-state index in [2.05, 4.69) is 41.5 Å². The fourth-order valence-electron chi connectivity index (χ4n) is 9.64. The zero-order chi connectivity index (χ0) is 54.8. The van der Waals surface area contributed by atoms with Crippen LogP contribution in [-0.2, 0) is 95.2 Å². The van der Waals surface area contributed by atoms with E-state index >= 15 is 0 Å². The summed E-state index contributed by atoms with van der Waals surface area (Å²) in [5.41, 5.74) is 0. The number of Topliss-reactive ketones (excluding diaryl/α,β-unsaturated/α-hetero) is 1. The van der Waals surface area contributed by atoms with Gasteiger partial charge in [-0.05, 0) is 43.4 Å². The molecule has 2 rings (SSSR count). The van der Waals surface area contributed by atoms with Crippen LogP contribution in [0.3, 0.4) is 0 Å². The van der Waals surface area contributed by atoms with Crippen LogP contribution in [0, 0.1) is 23.7 Å². The molecule has 2 aliphatic rings. The standard InChI is InChI=1S/C53H88O20/c1-14-16-26-42(45(31(3)4)32(5)6)65-28-40(24-15-2)41(61)25-22-20-18-17-19-21-23-27-62-52-50(69-38(12)59)49(68-37(11)58)47(44(71-52)30-64-34(8)55)73-53-51(70-39(13)60)48(67-36(10)57)46(66-35(9)56)43(72-53)29-63-33(7)54/h31-32,40,42-53H,14-30H2,1-13H3. The van der Waals surface area contributed by atoms with Crippen molar-refractivity contribution >= 4 is 47.6 Å². The second-order valence-corrected chi connectivity index (χ2v) is 19.8. The molecule has 12 atom stereocenters. The molecule has 20 nitrogen and oxygen atoms in total. The second-order valence-electron chi connectivity index (χ2n) is 19.8. The van der Waals surface area contributed by atoms with E-state index < -0.39 is 116 Å². The molecule has 420 valence electrons. The first-order chi connectivity index (χ1) is 34.5. The van der Waals surface area contributed by atoms with E-state index in [4.69, 9.17) is 56.8 Å². The lowest BCUT2D eigenvalue weighted by molar-refractivity contribution is -0.361. The minimum absolute atomic E-state index is 0.0925. The zero-order valence-corrected chi connectivity index (χ0v) is 45.8. The number of hydrogen-bond acceptors (Lipinski definition) is 20. The lowest BCUT2D eigenvalue weighted by Gasteiger charge is -2.48. The number of rotatable bonds is 34. The number of carbonyl (C=O) groups excluding carboxylic acids is 8. The number of carbonyl (C=O) groups is 8. The summed E-state index contributed by atoms with van der Waals surface area (Å²) >= 11 is 0. The molecule has 20 heteroatoms. The molecule has 0 aliphatic carbocycles. The van der Waals surface area contributed by atoms with Gasteiger partial charge in [-0.3, -0.25) is 38.4 Å². The first kappa shape index (κ1) is 64.9. The molecule has 0 aromatic rings. The van der Waals surface area contributed by atoms with Gasteiger partial charge in [0.1, 0.15) is 37.3 Å². The van der Waals surface area contributed by atoms with Gasteiger partial charge in [0.15, 0.2) is 43.1 Å². The van der Waals surface area contributed by atoms with Crippen molar-refractivity contribution in [1.82, 2.24) is 0 Å². The molecule has 0 bridgehead atoms. The Morgan fingerprint density at radius 1 is 0.466 bits per heavy atom. The van der Waals surface area contributed by atoms with Crippen molar-refractivity contribution in [3.63, 3.8) is 0 Å². The summed E-state index contributed by atoms with van der Waals surface area (Å²) in [7, 11) is 0. The number of esters is 7. The van der Waals surface area contributed by atoms with E-state index in [1.54, 1.807) is 0 Å². The Bertz CT molecular complexity index is 1710. The molecule has 0 radical (unpaired) electrons. The van der Waals surface area contributed by atoms with E-state index in [0.717, 1.165) is 119 Å². The quantitative estimate of drug-likeness (QED) is 0.0350. The van der Waals surface area contributed by atoms with Gasteiger partial charge >= 0.3 is 41.8 Å². The summed E-state index contributed by atoms with van der Waals surface area (Å²) in [4.78, 5) is 100. The molecule has 2 heterocycles. The molecule has 0 N–H and O–H groups in total. The van der Waals surface area contributed by atoms with Crippen molar-refractivity contribution in [2.75, 3.05) is 26.4 Å². The van der Waals surface area contributed by atoms with E-state index in [0.29, 0.717) is 37.2 Å². The Kier molecular flexibility index (Phi) is 30.5. The maximum atomic E-state index is 13.4. The van der Waals surface area contributed by atoms with Gasteiger partial charge in [-0.2, -0.15) is 0 Å².